The summed E-state index contributed by atoms with van der Waals surface area (Å²) in [5, 5.41) is 9.20. The Kier molecular flexibility index (Phi) is 3.26. The van der Waals surface area contributed by atoms with Crippen LogP contribution in [0.4, 0.5) is 0 Å². The average Bonchev–Trinajstić information content (AvgIpc) is 2.40. The summed E-state index contributed by atoms with van der Waals surface area (Å²) in [5.41, 5.74) is 1.97. The third-order valence-corrected chi connectivity index (χ3v) is 3.93. The lowest BCUT2D eigenvalue weighted by atomic mass is 9.67. The molecule has 92 valence electrons. The molecule has 3 heteroatoms. The second-order valence-corrected chi connectivity index (χ2v) is 4.95. The van der Waals surface area contributed by atoms with Crippen LogP contribution in [0.15, 0.2) is 18.2 Å². The number of aryl methyl sites for hydroxylation is 1. The maximum atomic E-state index is 9.20. The van der Waals surface area contributed by atoms with E-state index in [1.807, 2.05) is 19.1 Å². The minimum Gasteiger partial charge on any atom is -0.497 e. The van der Waals surface area contributed by atoms with Crippen molar-refractivity contribution in [3.63, 3.8) is 0 Å². The largest absolute Gasteiger partial charge is 0.497 e. The van der Waals surface area contributed by atoms with Gasteiger partial charge in [0.2, 0.25) is 0 Å². The molecule has 0 fully saturated rings. The first-order valence-electron chi connectivity index (χ1n) is 6.09. The van der Waals surface area contributed by atoms with Gasteiger partial charge in [-0.25, -0.2) is 6.57 Å². The van der Waals surface area contributed by atoms with Crippen LogP contribution in [-0.2, 0) is 11.8 Å². The zero-order chi connectivity index (χ0) is 13.2. The van der Waals surface area contributed by atoms with Crippen molar-refractivity contribution in [2.75, 3.05) is 7.11 Å². The molecule has 0 bridgehead atoms. The van der Waals surface area contributed by atoms with Gasteiger partial charge in [0, 0.05) is 0 Å². The molecule has 2 atom stereocenters. The topological polar surface area (TPSA) is 37.4 Å². The molecule has 1 aromatic carbocycles. The minimum atomic E-state index is -0.622. The van der Waals surface area contributed by atoms with Gasteiger partial charge in [-0.2, -0.15) is 5.26 Å². The van der Waals surface area contributed by atoms with Crippen molar-refractivity contribution < 1.29 is 4.74 Å². The number of methoxy groups -OCH3 is 1. The van der Waals surface area contributed by atoms with E-state index in [0.29, 0.717) is 0 Å². The van der Waals surface area contributed by atoms with Gasteiger partial charge in [0.15, 0.2) is 6.07 Å². The number of nitriles is 1. The molecule has 1 aromatic rings. The van der Waals surface area contributed by atoms with Crippen LogP contribution < -0.4 is 4.74 Å². The Morgan fingerprint density at radius 2 is 2.33 bits per heavy atom. The number of hydrogen-bond donors (Lipinski definition) is 0. The molecule has 1 aliphatic rings. The third-order valence-electron chi connectivity index (χ3n) is 3.93. The lowest BCUT2D eigenvalue weighted by Crippen LogP contribution is -2.37. The number of benzene rings is 1. The molecule has 0 aromatic heterocycles. The van der Waals surface area contributed by atoms with Gasteiger partial charge in [0.1, 0.15) is 5.75 Å². The van der Waals surface area contributed by atoms with Crippen LogP contribution in [0, 0.1) is 17.9 Å². The van der Waals surface area contributed by atoms with Gasteiger partial charge in [-0.3, -0.25) is 4.85 Å². The minimum absolute atomic E-state index is 0.376. The van der Waals surface area contributed by atoms with Gasteiger partial charge in [-0.15, -0.1) is 0 Å². The lowest BCUT2D eigenvalue weighted by Gasteiger charge is -2.34. The van der Waals surface area contributed by atoms with E-state index in [0.717, 1.165) is 30.6 Å². The molecule has 0 amide bonds. The Morgan fingerprint density at radius 3 is 2.94 bits per heavy atom. The molecule has 2 unspecified atom stereocenters. The predicted molar refractivity (Wildman–Crippen MR) is 69.3 cm³/mol. The number of ether oxygens (including phenoxy) is 1. The first kappa shape index (κ1) is 12.5. The van der Waals surface area contributed by atoms with Gasteiger partial charge in [-0.05, 0) is 49.4 Å². The number of hydrogen-bond acceptors (Lipinski definition) is 2. The van der Waals surface area contributed by atoms with Crippen LogP contribution in [0.2, 0.25) is 0 Å². The Bertz CT molecular complexity index is 524. The standard InChI is InChI=1S/C15H16N2O/c1-15(14(10-16)17-2)8-4-5-11-6-7-12(18-3)9-13(11)15/h6-7,9,14H,4-5,8H2,1,3H3. The molecule has 0 saturated heterocycles. The summed E-state index contributed by atoms with van der Waals surface area (Å²) in [5.74, 6) is 0.795. The molecular weight excluding hydrogens is 224 g/mol. The van der Waals surface area contributed by atoms with E-state index in [1.165, 1.54) is 5.56 Å². The fraction of sp³-hybridized carbons (Fsp3) is 0.467. The number of rotatable bonds is 2. The first-order chi connectivity index (χ1) is 8.65. The van der Waals surface area contributed by atoms with Crippen LogP contribution in [0.3, 0.4) is 0 Å². The lowest BCUT2D eigenvalue weighted by molar-refractivity contribution is 0.378. The molecule has 0 N–H and O–H groups in total. The van der Waals surface area contributed by atoms with Crippen molar-refractivity contribution in [2.24, 2.45) is 0 Å². The van der Waals surface area contributed by atoms with E-state index in [-0.39, 0.29) is 5.41 Å². The van der Waals surface area contributed by atoms with Crippen LogP contribution in [-0.4, -0.2) is 13.2 Å². The second kappa shape index (κ2) is 4.70. The van der Waals surface area contributed by atoms with E-state index in [2.05, 4.69) is 17.0 Å². The zero-order valence-corrected chi connectivity index (χ0v) is 10.7. The third kappa shape index (κ3) is 1.83. The highest BCUT2D eigenvalue weighted by atomic mass is 16.5. The smallest absolute Gasteiger partial charge is 0.316 e. The Morgan fingerprint density at radius 1 is 1.56 bits per heavy atom. The molecule has 0 saturated carbocycles. The van der Waals surface area contributed by atoms with Crippen LogP contribution in [0.25, 0.3) is 4.85 Å². The van der Waals surface area contributed by atoms with Crippen molar-refractivity contribution in [3.8, 4) is 11.8 Å². The van der Waals surface area contributed by atoms with Gasteiger partial charge < -0.3 is 4.74 Å². The summed E-state index contributed by atoms with van der Waals surface area (Å²) >= 11 is 0. The average molecular weight is 240 g/mol. The molecular formula is C15H16N2O. The SMILES string of the molecule is [C-]#[N+]C(C#N)C1(C)CCCc2ccc(OC)cc21. The summed E-state index contributed by atoms with van der Waals surface area (Å²) in [6, 6.07) is 7.52. The Balaban J connectivity index is 2.56. The van der Waals surface area contributed by atoms with Gasteiger partial charge in [-0.1, -0.05) is 6.07 Å². The van der Waals surface area contributed by atoms with Crippen molar-refractivity contribution in [2.45, 2.75) is 37.6 Å². The molecule has 0 radical (unpaired) electrons. The fourth-order valence-corrected chi connectivity index (χ4v) is 2.81. The van der Waals surface area contributed by atoms with E-state index >= 15 is 0 Å². The van der Waals surface area contributed by atoms with Crippen molar-refractivity contribution in [1.29, 1.82) is 5.26 Å². The van der Waals surface area contributed by atoms with Gasteiger partial charge in [0.05, 0.1) is 12.5 Å². The van der Waals surface area contributed by atoms with Gasteiger partial charge in [0.25, 0.3) is 0 Å². The highest BCUT2D eigenvalue weighted by molar-refractivity contribution is 5.45. The highest BCUT2D eigenvalue weighted by Crippen LogP contribution is 2.42. The summed E-state index contributed by atoms with van der Waals surface area (Å²) in [7, 11) is 1.64. The van der Waals surface area contributed by atoms with E-state index in [9.17, 15) is 5.26 Å². The summed E-state index contributed by atoms with van der Waals surface area (Å²) in [6.07, 6.45) is 2.93. The second-order valence-electron chi connectivity index (χ2n) is 4.95. The molecule has 0 heterocycles. The highest BCUT2D eigenvalue weighted by Gasteiger charge is 2.44. The molecule has 2 rings (SSSR count). The number of nitrogens with zero attached hydrogens (tertiary/aromatic N) is 2. The fourth-order valence-electron chi connectivity index (χ4n) is 2.81. The van der Waals surface area contributed by atoms with E-state index < -0.39 is 6.04 Å². The summed E-state index contributed by atoms with van der Waals surface area (Å²) in [4.78, 5) is 3.50. The maximum Gasteiger partial charge on any atom is 0.316 e. The Hall–Kier alpha value is -2.00. The van der Waals surface area contributed by atoms with Crippen LogP contribution in [0.5, 0.6) is 5.75 Å². The van der Waals surface area contributed by atoms with E-state index in [4.69, 9.17) is 11.3 Å². The molecule has 18 heavy (non-hydrogen) atoms. The quantitative estimate of drug-likeness (QED) is 0.745. The maximum absolute atomic E-state index is 9.20. The predicted octanol–water partition coefficient (Wildman–Crippen LogP) is 3.10. The van der Waals surface area contributed by atoms with Gasteiger partial charge >= 0.3 is 6.04 Å². The summed E-state index contributed by atoms with van der Waals surface area (Å²) in [6.45, 7) is 9.26. The zero-order valence-electron chi connectivity index (χ0n) is 10.7. The summed E-state index contributed by atoms with van der Waals surface area (Å²) < 4.78 is 5.26. The van der Waals surface area contributed by atoms with E-state index in [1.54, 1.807) is 7.11 Å². The van der Waals surface area contributed by atoms with Crippen LogP contribution in [0.1, 0.15) is 30.9 Å². The molecule has 1 aliphatic carbocycles. The molecule has 3 nitrogen and oxygen atoms in total. The number of fused-ring (bicyclic) bond motifs is 1. The van der Waals surface area contributed by atoms with Crippen molar-refractivity contribution in [1.82, 2.24) is 0 Å². The normalized spacial score (nSPS) is 23.3. The molecule has 0 aliphatic heterocycles. The van der Waals surface area contributed by atoms with Crippen LogP contribution >= 0.6 is 0 Å². The van der Waals surface area contributed by atoms with Crippen molar-refractivity contribution >= 4 is 0 Å². The Labute approximate surface area is 108 Å². The van der Waals surface area contributed by atoms with Crippen molar-refractivity contribution in [3.05, 3.63) is 40.7 Å². The first-order valence-corrected chi connectivity index (χ1v) is 6.09. The molecule has 0 spiro atoms. The monoisotopic (exact) mass is 240 g/mol.